The van der Waals surface area contributed by atoms with E-state index < -0.39 is 0 Å². The molecule has 260 valence electrons. The molecule has 3 heterocycles. The molecular weight excluding hydrogens is 739 g/mol. The van der Waals surface area contributed by atoms with Crippen LogP contribution >= 0.6 is 0 Å². The standard InChI is InChI=1S/C48H19B11N2O/c49-35-31(36(50)40(54)42(56)39(35)53)20-8-7-9-21(18-20)32-37(51)44(58)48-34(33-38(52)41(55)43(57)45(59)47(33)62-48)46(32)61-29-15-6-3-12-25(29)26-19-22(16-17-30(26)61)60-27-13-4-1-10-23(27)24-11-2-5-14-28(24)60/h1-19H. The van der Waals surface area contributed by atoms with Gasteiger partial charge >= 0.3 is 0 Å². The van der Waals surface area contributed by atoms with Crippen molar-refractivity contribution >= 4 is 212 Å². The second kappa shape index (κ2) is 13.9. The summed E-state index contributed by atoms with van der Waals surface area (Å²) in [4.78, 5) is 0. The summed E-state index contributed by atoms with van der Waals surface area (Å²) in [5.41, 5.74) is 9.85. The zero-order chi connectivity index (χ0) is 43.0. The third-order valence-electron chi connectivity index (χ3n) is 12.4. The first-order chi connectivity index (χ1) is 29.9. The molecule has 62 heavy (non-hydrogen) atoms. The van der Waals surface area contributed by atoms with Gasteiger partial charge in [0.1, 0.15) is 97.5 Å². The fourth-order valence-electron chi connectivity index (χ4n) is 9.40. The highest BCUT2D eigenvalue weighted by Crippen LogP contribution is 2.43. The largest absolute Gasteiger partial charge is 0.457 e. The molecule has 0 bridgehead atoms. The van der Waals surface area contributed by atoms with Crippen LogP contribution in [0.1, 0.15) is 0 Å². The Bertz CT molecular complexity index is 3710. The molecule has 0 saturated heterocycles. The number of nitrogens with zero attached hydrogens (tertiary/aromatic N) is 2. The molecule has 0 spiro atoms. The van der Waals surface area contributed by atoms with E-state index in [1.807, 2.05) is 36.4 Å². The predicted octanol–water partition coefficient (Wildman–Crippen LogP) is -0.154. The summed E-state index contributed by atoms with van der Waals surface area (Å²) in [6, 6.07) is 39.0. The number of hydrogen-bond acceptors (Lipinski definition) is 1. The van der Waals surface area contributed by atoms with Crippen LogP contribution in [0.25, 0.3) is 99.2 Å². The van der Waals surface area contributed by atoms with Crippen molar-refractivity contribution in [3.05, 3.63) is 115 Å². The van der Waals surface area contributed by atoms with Gasteiger partial charge in [-0.15, -0.1) is 27.3 Å². The summed E-state index contributed by atoms with van der Waals surface area (Å²) in [6.45, 7) is 0. The third-order valence-corrected chi connectivity index (χ3v) is 12.4. The fourth-order valence-corrected chi connectivity index (χ4v) is 9.40. The lowest BCUT2D eigenvalue weighted by molar-refractivity contribution is 0.674. The minimum atomic E-state index is 0.0988. The van der Waals surface area contributed by atoms with E-state index >= 15 is 0 Å². The third kappa shape index (κ3) is 5.22. The van der Waals surface area contributed by atoms with Crippen molar-refractivity contribution in [2.75, 3.05) is 0 Å². The summed E-state index contributed by atoms with van der Waals surface area (Å²) in [6.07, 6.45) is 0. The van der Waals surface area contributed by atoms with Crippen LogP contribution in [0.4, 0.5) is 0 Å². The van der Waals surface area contributed by atoms with Gasteiger partial charge in [-0.3, -0.25) is 0 Å². The number of fused-ring (bicyclic) bond motifs is 9. The minimum Gasteiger partial charge on any atom is -0.457 e. The molecule has 0 aliphatic carbocycles. The molecule has 0 N–H and O–H groups in total. The SMILES string of the molecule is [B]c1c([B])c([B])c(-c2cccc(-c3c([B])c([B])c4oc5c([B])c([B])c([B])c([B])c5c4c3-n3c4ccccc4c4cc(-n5c6ccccc6c6ccccc65)ccc43)c2)c([B])c1[B]. The molecule has 0 atom stereocenters. The number of rotatable bonds is 4. The van der Waals surface area contributed by atoms with Crippen LogP contribution in [-0.2, 0) is 0 Å². The quantitative estimate of drug-likeness (QED) is 0.230. The van der Waals surface area contributed by atoms with E-state index in [2.05, 4.69) is 88.0 Å². The highest BCUT2D eigenvalue weighted by atomic mass is 16.3. The zero-order valence-corrected chi connectivity index (χ0v) is 33.1. The topological polar surface area (TPSA) is 23.0 Å². The molecule has 0 fully saturated rings. The van der Waals surface area contributed by atoms with Crippen LogP contribution in [0.3, 0.4) is 0 Å². The summed E-state index contributed by atoms with van der Waals surface area (Å²) < 4.78 is 11.0. The summed E-state index contributed by atoms with van der Waals surface area (Å²) in [5, 5.41) is 5.23. The van der Waals surface area contributed by atoms with Crippen LogP contribution in [0.2, 0.25) is 0 Å². The van der Waals surface area contributed by atoms with Crippen molar-refractivity contribution in [1.82, 2.24) is 9.13 Å². The molecule has 3 aromatic heterocycles. The highest BCUT2D eigenvalue weighted by Gasteiger charge is 2.28. The van der Waals surface area contributed by atoms with Gasteiger partial charge < -0.3 is 13.6 Å². The van der Waals surface area contributed by atoms with Gasteiger partial charge in [0.2, 0.25) is 0 Å². The van der Waals surface area contributed by atoms with Crippen LogP contribution in [0, 0.1) is 0 Å². The molecule has 0 aliphatic rings. The average molecular weight is 759 g/mol. The Balaban J connectivity index is 1.30. The van der Waals surface area contributed by atoms with Gasteiger partial charge in [0, 0.05) is 32.6 Å². The smallest absolute Gasteiger partial charge is 0.129 e. The van der Waals surface area contributed by atoms with E-state index in [1.165, 1.54) is 0 Å². The van der Waals surface area contributed by atoms with Crippen LogP contribution < -0.4 is 60.1 Å². The molecular formula is C48H19B11N2O. The maximum atomic E-state index is 7.22. The highest BCUT2D eigenvalue weighted by molar-refractivity contribution is 6.69. The monoisotopic (exact) mass is 760 g/mol. The van der Waals surface area contributed by atoms with E-state index in [4.69, 9.17) is 90.7 Å². The van der Waals surface area contributed by atoms with E-state index in [9.17, 15) is 0 Å². The number of para-hydroxylation sites is 3. The van der Waals surface area contributed by atoms with Gasteiger partial charge in [-0.1, -0.05) is 106 Å². The average Bonchev–Trinajstić information content (AvgIpc) is 3.96. The fraction of sp³-hybridized carbons (Fsp3) is 0. The van der Waals surface area contributed by atoms with Crippen molar-refractivity contribution in [2.24, 2.45) is 0 Å². The molecule has 22 radical (unpaired) electrons. The first-order valence-corrected chi connectivity index (χ1v) is 19.7. The van der Waals surface area contributed by atoms with Crippen molar-refractivity contribution in [3.63, 3.8) is 0 Å². The summed E-state index contributed by atoms with van der Waals surface area (Å²) >= 11 is 0. The van der Waals surface area contributed by atoms with E-state index in [1.54, 1.807) is 0 Å². The maximum Gasteiger partial charge on any atom is 0.129 e. The van der Waals surface area contributed by atoms with Crippen molar-refractivity contribution in [3.8, 4) is 33.6 Å². The molecule has 3 nitrogen and oxygen atoms in total. The van der Waals surface area contributed by atoms with Gasteiger partial charge in [-0.25, -0.2) is 0 Å². The molecule has 14 heteroatoms. The molecule has 0 unspecified atom stereocenters. The van der Waals surface area contributed by atoms with Gasteiger partial charge in [0.15, 0.2) is 0 Å². The summed E-state index contributed by atoms with van der Waals surface area (Å²) in [5.74, 6) is 0. The first-order valence-electron chi connectivity index (χ1n) is 19.7. The Labute approximate surface area is 372 Å². The van der Waals surface area contributed by atoms with Gasteiger partial charge in [0.25, 0.3) is 0 Å². The first kappa shape index (κ1) is 38.8. The van der Waals surface area contributed by atoms with Crippen molar-refractivity contribution < 1.29 is 4.42 Å². The molecule has 0 amide bonds. The zero-order valence-electron chi connectivity index (χ0n) is 33.1. The van der Waals surface area contributed by atoms with Crippen LogP contribution in [0.5, 0.6) is 0 Å². The van der Waals surface area contributed by atoms with Gasteiger partial charge in [-0.05, 0) is 64.7 Å². The molecule has 0 saturated carbocycles. The second-order valence-corrected chi connectivity index (χ2v) is 15.7. The second-order valence-electron chi connectivity index (χ2n) is 15.7. The minimum absolute atomic E-state index is 0.0988. The maximum absolute atomic E-state index is 7.22. The number of hydrogen-bond donors (Lipinski definition) is 0. The van der Waals surface area contributed by atoms with Crippen molar-refractivity contribution in [1.29, 1.82) is 0 Å². The lowest BCUT2D eigenvalue weighted by Crippen LogP contribution is -2.55. The Hall–Kier alpha value is -6.13. The summed E-state index contributed by atoms with van der Waals surface area (Å²) in [7, 11) is 72.8. The van der Waals surface area contributed by atoms with Gasteiger partial charge in [0.05, 0.1) is 33.1 Å². The lowest BCUT2D eigenvalue weighted by atomic mass is 9.59. The van der Waals surface area contributed by atoms with Crippen LogP contribution in [-0.4, -0.2) is 95.4 Å². The molecule has 0 aliphatic heterocycles. The lowest BCUT2D eigenvalue weighted by Gasteiger charge is -2.23. The number of benzene rings is 8. The number of aromatic nitrogens is 2. The molecule has 11 aromatic rings. The molecule has 11 rings (SSSR count). The Morgan fingerprint density at radius 1 is 0.323 bits per heavy atom. The predicted molar refractivity (Wildman–Crippen MR) is 273 cm³/mol. The normalized spacial score (nSPS) is 11.9. The van der Waals surface area contributed by atoms with Crippen LogP contribution in [0.15, 0.2) is 120 Å². The van der Waals surface area contributed by atoms with E-state index in [0.29, 0.717) is 38.7 Å². The Morgan fingerprint density at radius 2 is 0.758 bits per heavy atom. The Kier molecular flexibility index (Phi) is 8.72. The van der Waals surface area contributed by atoms with E-state index in [-0.39, 0.29) is 71.3 Å². The Morgan fingerprint density at radius 3 is 1.37 bits per heavy atom. The van der Waals surface area contributed by atoms with E-state index in [0.717, 1.165) is 49.3 Å². The van der Waals surface area contributed by atoms with Crippen molar-refractivity contribution in [2.45, 2.75) is 0 Å². The molecule has 8 aromatic carbocycles. The van der Waals surface area contributed by atoms with Gasteiger partial charge in [-0.2, -0.15) is 0 Å². The number of furan rings is 1.